The summed E-state index contributed by atoms with van der Waals surface area (Å²) in [5.74, 6) is 2.63. The first-order chi connectivity index (χ1) is 14.5. The topological polar surface area (TPSA) is 98.2 Å². The predicted molar refractivity (Wildman–Crippen MR) is 113 cm³/mol. The van der Waals surface area contributed by atoms with Gasteiger partial charge in [0.25, 0.3) is 11.8 Å². The van der Waals surface area contributed by atoms with Crippen molar-refractivity contribution in [3.63, 3.8) is 0 Å². The molecular weight excluding hydrogens is 410 g/mol. The number of amides is 2. The van der Waals surface area contributed by atoms with Gasteiger partial charge >= 0.3 is 0 Å². The number of halogens is 1. The third-order valence-electron chi connectivity index (χ3n) is 3.56. The number of terminal acetylenes is 1. The maximum atomic E-state index is 11.9. The molecule has 0 aliphatic carbocycles. The maximum absolute atomic E-state index is 11.9. The number of hydrogen-bond acceptors (Lipinski definition) is 6. The van der Waals surface area contributed by atoms with Gasteiger partial charge in [0.2, 0.25) is 0 Å². The molecule has 9 heteroatoms. The Morgan fingerprint density at radius 1 is 1.13 bits per heavy atom. The van der Waals surface area contributed by atoms with Crippen molar-refractivity contribution in [2.75, 3.05) is 26.9 Å². The van der Waals surface area contributed by atoms with Gasteiger partial charge in [-0.2, -0.15) is 5.10 Å². The molecule has 0 fully saturated rings. The van der Waals surface area contributed by atoms with Crippen LogP contribution in [0.4, 0.5) is 0 Å². The van der Waals surface area contributed by atoms with Gasteiger partial charge in [-0.05, 0) is 24.3 Å². The van der Waals surface area contributed by atoms with Crippen molar-refractivity contribution >= 4 is 29.6 Å². The Bertz CT molecular complexity index is 956. The normalized spacial score (nSPS) is 10.2. The van der Waals surface area contributed by atoms with Gasteiger partial charge in [-0.25, -0.2) is 5.43 Å². The quantitative estimate of drug-likeness (QED) is 0.342. The van der Waals surface area contributed by atoms with E-state index in [0.29, 0.717) is 27.8 Å². The summed E-state index contributed by atoms with van der Waals surface area (Å²) in [5.41, 5.74) is 2.86. The molecule has 8 nitrogen and oxygen atoms in total. The van der Waals surface area contributed by atoms with Gasteiger partial charge in [0.05, 0.1) is 24.9 Å². The second-order valence-electron chi connectivity index (χ2n) is 5.66. The number of nitrogens with zero attached hydrogens (tertiary/aromatic N) is 1. The predicted octanol–water partition coefficient (Wildman–Crippen LogP) is 2.01. The monoisotopic (exact) mass is 429 g/mol. The number of methoxy groups -OCH3 is 1. The molecule has 2 N–H and O–H groups in total. The molecule has 0 aliphatic heterocycles. The van der Waals surface area contributed by atoms with Gasteiger partial charge in [-0.15, -0.1) is 6.42 Å². The largest absolute Gasteiger partial charge is 0.493 e. The summed E-state index contributed by atoms with van der Waals surface area (Å²) in [7, 11) is 1.50. The van der Waals surface area contributed by atoms with Crippen LogP contribution in [0.2, 0.25) is 5.02 Å². The van der Waals surface area contributed by atoms with E-state index in [1.807, 2.05) is 0 Å². The fourth-order valence-corrected chi connectivity index (χ4v) is 2.40. The van der Waals surface area contributed by atoms with E-state index in [1.54, 1.807) is 42.5 Å². The van der Waals surface area contributed by atoms with Crippen molar-refractivity contribution in [2.45, 2.75) is 0 Å². The molecule has 0 heterocycles. The Hall–Kier alpha value is -3.70. The van der Waals surface area contributed by atoms with Gasteiger partial charge in [0, 0.05) is 5.56 Å². The number of carbonyl (C=O) groups excluding carboxylic acids is 2. The van der Waals surface area contributed by atoms with Crippen molar-refractivity contribution in [2.24, 2.45) is 5.10 Å². The van der Waals surface area contributed by atoms with Crippen LogP contribution in [-0.2, 0) is 9.59 Å². The van der Waals surface area contributed by atoms with E-state index in [4.69, 9.17) is 32.2 Å². The third kappa shape index (κ3) is 7.04. The molecule has 2 aromatic rings. The summed E-state index contributed by atoms with van der Waals surface area (Å²) in [6.45, 7) is -0.504. The average Bonchev–Trinajstić information content (AvgIpc) is 2.76. The molecular formula is C21H20ClN3O5. The number of ether oxygens (including phenoxy) is 3. The summed E-state index contributed by atoms with van der Waals surface area (Å²) < 4.78 is 16.0. The SMILES string of the molecule is C#CCOc1c(/C=N/NC(=O)CNC(=O)COc2ccccc2Cl)cccc1OC. The van der Waals surface area contributed by atoms with Crippen LogP contribution in [0.5, 0.6) is 17.2 Å². The fraction of sp³-hybridized carbons (Fsp3) is 0.190. The minimum Gasteiger partial charge on any atom is -0.493 e. The second-order valence-corrected chi connectivity index (χ2v) is 6.07. The number of carbonyl (C=O) groups is 2. The Morgan fingerprint density at radius 3 is 2.63 bits per heavy atom. The third-order valence-corrected chi connectivity index (χ3v) is 3.88. The number of benzene rings is 2. The van der Waals surface area contributed by atoms with Gasteiger partial charge in [0.15, 0.2) is 18.1 Å². The highest BCUT2D eigenvalue weighted by molar-refractivity contribution is 6.32. The van der Waals surface area contributed by atoms with E-state index in [1.165, 1.54) is 13.3 Å². The first-order valence-corrected chi connectivity index (χ1v) is 9.12. The fourth-order valence-electron chi connectivity index (χ4n) is 2.21. The number of para-hydroxylation sites is 2. The molecule has 0 aliphatic rings. The van der Waals surface area contributed by atoms with E-state index < -0.39 is 11.8 Å². The number of rotatable bonds is 10. The lowest BCUT2D eigenvalue weighted by Crippen LogP contribution is -2.37. The summed E-state index contributed by atoms with van der Waals surface area (Å²) >= 11 is 5.94. The Labute approximate surface area is 179 Å². The summed E-state index contributed by atoms with van der Waals surface area (Å²) in [4.78, 5) is 23.7. The molecule has 2 amide bonds. The molecule has 0 saturated heterocycles. The second kappa shape index (κ2) is 12.0. The molecule has 0 saturated carbocycles. The lowest BCUT2D eigenvalue weighted by molar-refractivity contribution is -0.127. The van der Waals surface area contributed by atoms with Crippen molar-refractivity contribution in [3.05, 3.63) is 53.1 Å². The van der Waals surface area contributed by atoms with Crippen LogP contribution in [-0.4, -0.2) is 44.9 Å². The highest BCUT2D eigenvalue weighted by Crippen LogP contribution is 2.29. The first kappa shape index (κ1) is 22.6. The zero-order valence-corrected chi connectivity index (χ0v) is 16.9. The molecule has 156 valence electrons. The average molecular weight is 430 g/mol. The minimum absolute atomic E-state index is 0.0515. The van der Waals surface area contributed by atoms with Crippen LogP contribution >= 0.6 is 11.6 Å². The van der Waals surface area contributed by atoms with Crippen LogP contribution in [0.1, 0.15) is 5.56 Å². The Balaban J connectivity index is 1.82. The lowest BCUT2D eigenvalue weighted by Gasteiger charge is -2.11. The van der Waals surface area contributed by atoms with Gasteiger partial charge in [0.1, 0.15) is 12.4 Å². The van der Waals surface area contributed by atoms with E-state index in [0.717, 1.165) is 0 Å². The molecule has 2 aromatic carbocycles. The van der Waals surface area contributed by atoms with E-state index in [9.17, 15) is 9.59 Å². The summed E-state index contributed by atoms with van der Waals surface area (Å²) in [6.07, 6.45) is 6.60. The molecule has 0 bridgehead atoms. The number of hydrogen-bond donors (Lipinski definition) is 2. The van der Waals surface area contributed by atoms with Crippen molar-refractivity contribution in [1.29, 1.82) is 0 Å². The zero-order valence-electron chi connectivity index (χ0n) is 16.2. The highest BCUT2D eigenvalue weighted by Gasteiger charge is 2.10. The Kier molecular flexibility index (Phi) is 9.03. The van der Waals surface area contributed by atoms with E-state index >= 15 is 0 Å². The molecule has 0 radical (unpaired) electrons. The van der Waals surface area contributed by atoms with Crippen LogP contribution in [0.25, 0.3) is 0 Å². The standard InChI is InChI=1S/C21H20ClN3O5/c1-3-11-29-21-15(7-6-10-18(21)28-2)12-24-25-19(26)13-23-20(27)14-30-17-9-5-4-8-16(17)22/h1,4-10,12H,11,13-14H2,2H3,(H,23,27)(H,25,26)/b24-12+. The molecule has 30 heavy (non-hydrogen) atoms. The highest BCUT2D eigenvalue weighted by atomic mass is 35.5. The van der Waals surface area contributed by atoms with Crippen LogP contribution in [0.3, 0.4) is 0 Å². The van der Waals surface area contributed by atoms with Crippen LogP contribution in [0.15, 0.2) is 47.6 Å². The first-order valence-electron chi connectivity index (χ1n) is 8.74. The molecule has 0 atom stereocenters. The zero-order chi connectivity index (χ0) is 21.8. The van der Waals surface area contributed by atoms with Crippen molar-refractivity contribution < 1.29 is 23.8 Å². The molecule has 0 aromatic heterocycles. The van der Waals surface area contributed by atoms with Crippen LogP contribution < -0.4 is 25.0 Å². The Morgan fingerprint density at radius 2 is 1.90 bits per heavy atom. The molecule has 0 spiro atoms. The van der Waals surface area contributed by atoms with Crippen molar-refractivity contribution in [3.8, 4) is 29.6 Å². The maximum Gasteiger partial charge on any atom is 0.259 e. The summed E-state index contributed by atoms with van der Waals surface area (Å²) in [5, 5.41) is 6.66. The minimum atomic E-state index is -0.522. The van der Waals surface area contributed by atoms with Gasteiger partial charge < -0.3 is 19.5 Å². The van der Waals surface area contributed by atoms with E-state index in [-0.39, 0.29) is 19.8 Å². The van der Waals surface area contributed by atoms with E-state index in [2.05, 4.69) is 21.8 Å². The number of nitrogens with one attached hydrogen (secondary N) is 2. The lowest BCUT2D eigenvalue weighted by atomic mass is 10.2. The van der Waals surface area contributed by atoms with Crippen molar-refractivity contribution in [1.82, 2.24) is 10.7 Å². The summed E-state index contributed by atoms with van der Waals surface area (Å²) in [6, 6.07) is 11.9. The van der Waals surface area contributed by atoms with Crippen LogP contribution in [0, 0.1) is 12.3 Å². The molecule has 2 rings (SSSR count). The molecule has 0 unspecified atom stereocenters. The number of hydrazone groups is 1. The smallest absolute Gasteiger partial charge is 0.259 e. The van der Waals surface area contributed by atoms with Gasteiger partial charge in [-0.1, -0.05) is 35.7 Å². The van der Waals surface area contributed by atoms with Gasteiger partial charge in [-0.3, -0.25) is 9.59 Å².